The number of thiophene rings is 1. The third kappa shape index (κ3) is 5.86. The zero-order chi connectivity index (χ0) is 26.7. The third-order valence-electron chi connectivity index (χ3n) is 5.35. The first-order chi connectivity index (χ1) is 17.6. The number of benzodiazepines with no additional fused rings is 1. The molecule has 0 spiro atoms. The van der Waals surface area contributed by atoms with Gasteiger partial charge in [0.1, 0.15) is 16.3 Å². The van der Waals surface area contributed by atoms with Crippen molar-refractivity contribution in [2.75, 3.05) is 12.0 Å². The van der Waals surface area contributed by atoms with E-state index in [1.807, 2.05) is 0 Å². The highest BCUT2D eigenvalue weighted by molar-refractivity contribution is 7.13. The van der Waals surface area contributed by atoms with Crippen molar-refractivity contribution < 1.29 is 28.2 Å². The summed E-state index contributed by atoms with van der Waals surface area (Å²) in [5.41, 5.74) is 0.590. The zero-order valence-corrected chi connectivity index (χ0v) is 21.6. The number of ether oxygens (including phenoxy) is 2. The molecule has 4 rings (SSSR count). The summed E-state index contributed by atoms with van der Waals surface area (Å²) >= 11 is 1.19. The van der Waals surface area contributed by atoms with Crippen molar-refractivity contribution in [3.05, 3.63) is 87.4 Å². The number of methoxy groups -OCH3 is 1. The van der Waals surface area contributed by atoms with Crippen molar-refractivity contribution in [2.24, 2.45) is 4.99 Å². The van der Waals surface area contributed by atoms with E-state index in [4.69, 9.17) is 9.47 Å². The number of carbonyl (C=O) groups is 3. The van der Waals surface area contributed by atoms with E-state index in [2.05, 4.69) is 10.3 Å². The number of fused-ring (bicyclic) bond motifs is 1. The molecule has 3 aromatic rings. The molecule has 37 heavy (non-hydrogen) atoms. The van der Waals surface area contributed by atoms with Crippen LogP contribution in [0.1, 0.15) is 46.4 Å². The van der Waals surface area contributed by atoms with Gasteiger partial charge in [-0.05, 0) is 51.1 Å². The Balaban J connectivity index is 1.81. The van der Waals surface area contributed by atoms with Crippen LogP contribution >= 0.6 is 11.3 Å². The van der Waals surface area contributed by atoms with Crippen molar-refractivity contribution >= 4 is 40.7 Å². The second-order valence-electron chi connectivity index (χ2n) is 9.21. The van der Waals surface area contributed by atoms with Crippen molar-refractivity contribution in [3.8, 4) is 0 Å². The molecular weight excluding hydrogens is 497 g/mol. The number of amides is 2. The molecule has 2 aromatic carbocycles. The van der Waals surface area contributed by atoms with E-state index in [1.165, 1.54) is 29.4 Å². The minimum Gasteiger partial charge on any atom is -0.465 e. The number of hydrogen-bond acceptors (Lipinski definition) is 7. The molecule has 0 bridgehead atoms. The van der Waals surface area contributed by atoms with Crippen LogP contribution in [-0.2, 0) is 20.8 Å². The van der Waals surface area contributed by atoms with Gasteiger partial charge in [-0.1, -0.05) is 30.3 Å². The summed E-state index contributed by atoms with van der Waals surface area (Å²) in [5, 5.41) is 2.53. The van der Waals surface area contributed by atoms with Gasteiger partial charge in [-0.2, -0.15) is 0 Å². The number of para-hydroxylation sites is 1. The minimum absolute atomic E-state index is 0.0874. The molecule has 1 aromatic heterocycles. The van der Waals surface area contributed by atoms with Gasteiger partial charge in [0.05, 0.1) is 25.1 Å². The Morgan fingerprint density at radius 3 is 2.41 bits per heavy atom. The Morgan fingerprint density at radius 1 is 1.05 bits per heavy atom. The molecule has 0 aliphatic carbocycles. The van der Waals surface area contributed by atoms with Crippen LogP contribution in [-0.4, -0.2) is 42.6 Å². The number of halogens is 1. The maximum absolute atomic E-state index is 14.9. The molecule has 0 radical (unpaired) electrons. The number of esters is 1. The van der Waals surface area contributed by atoms with E-state index in [1.54, 1.807) is 75.4 Å². The van der Waals surface area contributed by atoms with Gasteiger partial charge in [0.2, 0.25) is 6.17 Å². The fraction of sp³-hybridized carbons (Fsp3) is 0.259. The second kappa shape index (κ2) is 10.5. The van der Waals surface area contributed by atoms with Crippen LogP contribution in [0.25, 0.3) is 0 Å². The van der Waals surface area contributed by atoms with Crippen LogP contribution in [0.2, 0.25) is 0 Å². The lowest BCUT2D eigenvalue weighted by Crippen LogP contribution is -2.48. The number of carbonyl (C=O) groups excluding carboxylic acids is 3. The maximum atomic E-state index is 14.9. The molecule has 0 fully saturated rings. The Kier molecular flexibility index (Phi) is 7.40. The predicted octanol–water partition coefficient (Wildman–Crippen LogP) is 4.91. The first-order valence-electron chi connectivity index (χ1n) is 11.5. The van der Waals surface area contributed by atoms with Gasteiger partial charge in [0.15, 0.2) is 0 Å². The monoisotopic (exact) mass is 523 g/mol. The number of aliphatic imine (C=N–C) groups is 1. The van der Waals surface area contributed by atoms with Gasteiger partial charge in [-0.15, -0.1) is 11.3 Å². The summed E-state index contributed by atoms with van der Waals surface area (Å²) in [6.45, 7) is 5.19. The van der Waals surface area contributed by atoms with Gasteiger partial charge >= 0.3 is 12.1 Å². The van der Waals surface area contributed by atoms with Crippen LogP contribution in [0.15, 0.2) is 65.7 Å². The summed E-state index contributed by atoms with van der Waals surface area (Å²) in [6.07, 6.45) is -2.23. The molecule has 2 amide bonds. The number of hydrogen-bond donors (Lipinski definition) is 1. The van der Waals surface area contributed by atoms with Crippen LogP contribution in [0, 0.1) is 5.82 Å². The van der Waals surface area contributed by atoms with E-state index in [0.717, 1.165) is 0 Å². The number of nitrogens with zero attached hydrogens (tertiary/aromatic N) is 2. The molecule has 1 atom stereocenters. The van der Waals surface area contributed by atoms with Crippen LogP contribution < -0.4 is 10.2 Å². The third-order valence-corrected chi connectivity index (χ3v) is 6.40. The number of anilines is 1. The summed E-state index contributed by atoms with van der Waals surface area (Å²) in [6, 6.07) is 16.5. The van der Waals surface area contributed by atoms with Crippen molar-refractivity contribution in [1.82, 2.24) is 5.32 Å². The van der Waals surface area contributed by atoms with E-state index in [9.17, 15) is 18.8 Å². The SMILES string of the molecule is COC(=O)c1ccc(CN2C(=O)C(NC(=O)OC(C)(C)C)N=C(c3ccccc3F)c3ccccc32)s1. The van der Waals surface area contributed by atoms with Crippen molar-refractivity contribution in [1.29, 1.82) is 0 Å². The molecule has 192 valence electrons. The molecule has 8 nitrogen and oxygen atoms in total. The summed E-state index contributed by atoms with van der Waals surface area (Å²) in [4.78, 5) is 45.5. The average molecular weight is 524 g/mol. The topological polar surface area (TPSA) is 97.3 Å². The van der Waals surface area contributed by atoms with E-state index >= 15 is 0 Å². The molecule has 2 heterocycles. The predicted molar refractivity (Wildman–Crippen MR) is 138 cm³/mol. The zero-order valence-electron chi connectivity index (χ0n) is 20.8. The van der Waals surface area contributed by atoms with E-state index < -0.39 is 35.6 Å². The van der Waals surface area contributed by atoms with Crippen LogP contribution in [0.4, 0.5) is 14.9 Å². The van der Waals surface area contributed by atoms with Gasteiger partial charge in [-0.3, -0.25) is 10.1 Å². The van der Waals surface area contributed by atoms with Gasteiger partial charge in [0, 0.05) is 16.0 Å². The largest absolute Gasteiger partial charge is 0.465 e. The Morgan fingerprint density at radius 2 is 1.73 bits per heavy atom. The highest BCUT2D eigenvalue weighted by Crippen LogP contribution is 2.31. The lowest BCUT2D eigenvalue weighted by atomic mass is 9.99. The first-order valence-corrected chi connectivity index (χ1v) is 12.3. The fourth-order valence-electron chi connectivity index (χ4n) is 3.80. The molecule has 1 unspecified atom stereocenters. The number of alkyl carbamates (subject to hydrolysis) is 1. The minimum atomic E-state index is -1.39. The Bertz CT molecular complexity index is 1380. The van der Waals surface area contributed by atoms with Crippen molar-refractivity contribution in [2.45, 2.75) is 39.1 Å². The molecule has 0 saturated carbocycles. The van der Waals surface area contributed by atoms with Gasteiger partial charge in [-0.25, -0.2) is 19.0 Å². The summed E-state index contributed by atoms with van der Waals surface area (Å²) < 4.78 is 25.1. The number of benzene rings is 2. The van der Waals surface area contributed by atoms with Gasteiger partial charge in [0.25, 0.3) is 5.91 Å². The first kappa shape index (κ1) is 26.0. The smallest absolute Gasteiger partial charge is 0.409 e. The quantitative estimate of drug-likeness (QED) is 0.480. The standard InChI is InChI=1S/C27H26FN3O5S/c1-27(2,3)36-26(34)30-23-24(32)31(15-16-13-14-21(37-16)25(33)35-4)20-12-8-6-10-18(20)22(29-23)17-9-5-7-11-19(17)28/h5-14,23H,15H2,1-4H3,(H,30,34). The molecule has 10 heteroatoms. The second-order valence-corrected chi connectivity index (χ2v) is 10.4. The molecular formula is C27H26FN3O5S. The maximum Gasteiger partial charge on any atom is 0.409 e. The highest BCUT2D eigenvalue weighted by Gasteiger charge is 2.35. The molecule has 1 aliphatic heterocycles. The summed E-state index contributed by atoms with van der Waals surface area (Å²) in [5.74, 6) is -1.54. The lowest BCUT2D eigenvalue weighted by Gasteiger charge is -2.26. The van der Waals surface area contributed by atoms with E-state index in [0.29, 0.717) is 21.0 Å². The van der Waals surface area contributed by atoms with Crippen molar-refractivity contribution in [3.63, 3.8) is 0 Å². The molecule has 1 aliphatic rings. The molecule has 1 N–H and O–H groups in total. The number of nitrogens with one attached hydrogen (secondary N) is 1. The number of rotatable bonds is 5. The average Bonchev–Trinajstić information content (AvgIpc) is 3.28. The van der Waals surface area contributed by atoms with Crippen LogP contribution in [0.3, 0.4) is 0 Å². The normalized spacial score (nSPS) is 15.4. The Hall–Kier alpha value is -4.05. The van der Waals surface area contributed by atoms with Gasteiger partial charge < -0.3 is 14.4 Å². The van der Waals surface area contributed by atoms with Crippen LogP contribution in [0.5, 0.6) is 0 Å². The lowest BCUT2D eigenvalue weighted by molar-refractivity contribution is -0.120. The fourth-order valence-corrected chi connectivity index (χ4v) is 4.72. The Labute approximate surface area is 217 Å². The highest BCUT2D eigenvalue weighted by atomic mass is 32.1. The van der Waals surface area contributed by atoms with E-state index in [-0.39, 0.29) is 17.8 Å². The summed E-state index contributed by atoms with van der Waals surface area (Å²) in [7, 11) is 1.30. The molecule has 0 saturated heterocycles.